The van der Waals surface area contributed by atoms with Crippen molar-refractivity contribution in [1.82, 2.24) is 9.89 Å². The third kappa shape index (κ3) is 1.44. The van der Waals surface area contributed by atoms with Crippen LogP contribution in [0.4, 0.5) is 0 Å². The molecule has 62 valence electrons. The maximum absolute atomic E-state index is 5.81. The summed E-state index contributed by atoms with van der Waals surface area (Å²) in [6.45, 7) is 3.95. The Balaban J connectivity index is 3.22. The molecule has 1 aromatic rings. The van der Waals surface area contributed by atoms with E-state index < -0.39 is 0 Å². The second-order valence-corrected chi connectivity index (χ2v) is 3.33. The predicted molar refractivity (Wildman–Crippen MR) is 46.5 cm³/mol. The molecule has 0 bridgehead atoms. The Labute approximate surface area is 75.1 Å². The van der Waals surface area contributed by atoms with Crippen molar-refractivity contribution in [3.63, 3.8) is 0 Å². The predicted octanol–water partition coefficient (Wildman–Crippen LogP) is 2.03. The van der Waals surface area contributed by atoms with Gasteiger partial charge in [0.2, 0.25) is 0 Å². The topological polar surface area (TPSA) is 43.8 Å². The largest absolute Gasteiger partial charge is 0.323 e. The molecular weight excluding hydrogens is 185 g/mol. The number of rotatable bonds is 1. The van der Waals surface area contributed by atoms with Crippen molar-refractivity contribution < 1.29 is 0 Å². The molecule has 0 spiro atoms. The Morgan fingerprint density at radius 2 is 2.00 bits per heavy atom. The molecular formula is C6H9Cl2N3. The first kappa shape index (κ1) is 8.68. The molecule has 0 aliphatic carbocycles. The molecule has 1 heterocycles. The van der Waals surface area contributed by atoms with Gasteiger partial charge in [-0.05, 0) is 5.92 Å². The zero-order valence-electron chi connectivity index (χ0n) is 6.31. The molecule has 11 heavy (non-hydrogen) atoms. The maximum atomic E-state index is 5.81. The number of hydrogen-bond acceptors (Lipinski definition) is 2. The van der Waals surface area contributed by atoms with Gasteiger partial charge in [0, 0.05) is 0 Å². The van der Waals surface area contributed by atoms with Crippen LogP contribution in [0.5, 0.6) is 0 Å². The Morgan fingerprint density at radius 3 is 2.18 bits per heavy atom. The number of nitrogens with zero attached hydrogens (tertiary/aromatic N) is 2. The molecule has 0 unspecified atom stereocenters. The van der Waals surface area contributed by atoms with Crippen molar-refractivity contribution in [2.45, 2.75) is 19.8 Å². The monoisotopic (exact) mass is 193 g/mol. The van der Waals surface area contributed by atoms with E-state index in [1.54, 1.807) is 0 Å². The highest BCUT2D eigenvalue weighted by Gasteiger charge is 2.15. The van der Waals surface area contributed by atoms with E-state index in [1.807, 2.05) is 13.8 Å². The van der Waals surface area contributed by atoms with Gasteiger partial charge in [0.1, 0.15) is 5.02 Å². The van der Waals surface area contributed by atoms with Gasteiger partial charge in [0.15, 0.2) is 5.15 Å². The summed E-state index contributed by atoms with van der Waals surface area (Å²) in [5.41, 5.74) is 0.761. The van der Waals surface area contributed by atoms with Crippen molar-refractivity contribution in [3.05, 3.63) is 15.9 Å². The lowest BCUT2D eigenvalue weighted by Gasteiger charge is -2.04. The molecule has 0 radical (unpaired) electrons. The minimum atomic E-state index is 0.229. The van der Waals surface area contributed by atoms with Gasteiger partial charge < -0.3 is 5.84 Å². The molecule has 0 atom stereocenters. The average molecular weight is 194 g/mol. The lowest BCUT2D eigenvalue weighted by molar-refractivity contribution is 0.707. The lowest BCUT2D eigenvalue weighted by Crippen LogP contribution is -2.14. The fraction of sp³-hybridized carbons (Fsp3) is 0.500. The first-order valence-electron chi connectivity index (χ1n) is 3.23. The normalized spacial score (nSPS) is 11.0. The van der Waals surface area contributed by atoms with Gasteiger partial charge >= 0.3 is 0 Å². The van der Waals surface area contributed by atoms with Gasteiger partial charge in [0.25, 0.3) is 0 Å². The number of nitrogen functional groups attached to an aromatic ring is 1. The summed E-state index contributed by atoms with van der Waals surface area (Å²) in [6, 6.07) is 0. The minimum Gasteiger partial charge on any atom is -0.323 e. The van der Waals surface area contributed by atoms with Crippen molar-refractivity contribution in [1.29, 1.82) is 0 Å². The van der Waals surface area contributed by atoms with Crippen molar-refractivity contribution in [2.24, 2.45) is 0 Å². The van der Waals surface area contributed by atoms with E-state index in [4.69, 9.17) is 29.0 Å². The van der Waals surface area contributed by atoms with Crippen LogP contribution in [-0.2, 0) is 0 Å². The number of halogens is 2. The molecule has 5 heteroatoms. The Bertz CT molecular complexity index is 267. The Hall–Kier alpha value is -0.410. The van der Waals surface area contributed by atoms with Crippen molar-refractivity contribution in [3.8, 4) is 0 Å². The van der Waals surface area contributed by atoms with Gasteiger partial charge in [0.05, 0.1) is 5.69 Å². The minimum absolute atomic E-state index is 0.229. The highest BCUT2D eigenvalue weighted by Crippen LogP contribution is 2.28. The van der Waals surface area contributed by atoms with Crippen LogP contribution in [0.1, 0.15) is 25.5 Å². The van der Waals surface area contributed by atoms with Gasteiger partial charge in [-0.25, -0.2) is 0 Å². The van der Waals surface area contributed by atoms with E-state index in [0.717, 1.165) is 5.69 Å². The van der Waals surface area contributed by atoms with E-state index in [1.165, 1.54) is 4.79 Å². The van der Waals surface area contributed by atoms with Crippen molar-refractivity contribution >= 4 is 23.2 Å². The van der Waals surface area contributed by atoms with Gasteiger partial charge in [-0.2, -0.15) is 4.79 Å². The summed E-state index contributed by atoms with van der Waals surface area (Å²) in [5.74, 6) is 5.71. The number of nitrogens with two attached hydrogens (primary N) is 1. The molecule has 2 N–H and O–H groups in total. The van der Waals surface area contributed by atoms with Crippen LogP contribution in [0.15, 0.2) is 0 Å². The molecule has 1 aromatic heterocycles. The Kier molecular flexibility index (Phi) is 2.30. The molecule has 0 saturated heterocycles. The smallest absolute Gasteiger partial charge is 0.172 e. The fourth-order valence-electron chi connectivity index (χ4n) is 0.917. The second-order valence-electron chi connectivity index (χ2n) is 2.59. The molecule has 0 amide bonds. The molecule has 0 aromatic carbocycles. The van der Waals surface area contributed by atoms with Crippen LogP contribution in [0.2, 0.25) is 10.2 Å². The van der Waals surface area contributed by atoms with E-state index in [2.05, 4.69) is 5.10 Å². The van der Waals surface area contributed by atoms with E-state index >= 15 is 0 Å². The highest BCUT2D eigenvalue weighted by molar-refractivity contribution is 6.41. The van der Waals surface area contributed by atoms with Gasteiger partial charge in [-0.15, -0.1) is 5.10 Å². The highest BCUT2D eigenvalue weighted by atomic mass is 35.5. The molecule has 3 nitrogen and oxygen atoms in total. The lowest BCUT2D eigenvalue weighted by atomic mass is 10.1. The summed E-state index contributed by atoms with van der Waals surface area (Å²) in [7, 11) is 0. The first-order valence-corrected chi connectivity index (χ1v) is 3.98. The summed E-state index contributed by atoms with van der Waals surface area (Å²) < 4.78 is 0. The molecule has 1 rings (SSSR count). The van der Waals surface area contributed by atoms with Crippen LogP contribution in [-0.4, -0.2) is 9.89 Å². The quantitative estimate of drug-likeness (QED) is 0.695. The molecule has 0 fully saturated rings. The number of hydrogen-bond donors (Lipinski definition) is 1. The summed E-state index contributed by atoms with van der Waals surface area (Å²) in [4.78, 5) is 1.22. The third-order valence-corrected chi connectivity index (χ3v) is 2.13. The zero-order chi connectivity index (χ0) is 8.59. The van der Waals surface area contributed by atoms with Gasteiger partial charge in [-0.3, -0.25) is 0 Å². The van der Waals surface area contributed by atoms with Crippen LogP contribution >= 0.6 is 23.2 Å². The van der Waals surface area contributed by atoms with Crippen LogP contribution in [0, 0.1) is 0 Å². The van der Waals surface area contributed by atoms with E-state index in [-0.39, 0.29) is 11.1 Å². The van der Waals surface area contributed by atoms with Gasteiger partial charge in [-0.1, -0.05) is 37.0 Å². The van der Waals surface area contributed by atoms with Crippen molar-refractivity contribution in [2.75, 3.05) is 5.84 Å². The third-order valence-electron chi connectivity index (χ3n) is 1.40. The molecule has 0 saturated carbocycles. The average Bonchev–Trinajstić information content (AvgIpc) is 2.07. The van der Waals surface area contributed by atoms with Crippen LogP contribution < -0.4 is 5.84 Å². The van der Waals surface area contributed by atoms with E-state index in [0.29, 0.717) is 5.02 Å². The van der Waals surface area contributed by atoms with E-state index in [9.17, 15) is 0 Å². The first-order chi connectivity index (χ1) is 5.04. The summed E-state index contributed by atoms with van der Waals surface area (Å²) in [5, 5.41) is 4.47. The van der Waals surface area contributed by atoms with Crippen LogP contribution in [0.25, 0.3) is 0 Å². The van der Waals surface area contributed by atoms with Crippen LogP contribution in [0.3, 0.4) is 0 Å². The summed E-state index contributed by atoms with van der Waals surface area (Å²) >= 11 is 11.4. The maximum Gasteiger partial charge on any atom is 0.172 e. The standard InChI is InChI=1S/C6H9Cl2N3/c1-3(2)5-4(7)6(8)10-11(5)9/h3H,9H2,1-2H3. The zero-order valence-corrected chi connectivity index (χ0v) is 7.82. The SMILES string of the molecule is CC(C)c1c(Cl)c(Cl)nn1N. The Morgan fingerprint density at radius 1 is 1.45 bits per heavy atom. The number of aromatic nitrogens is 2. The second kappa shape index (κ2) is 2.91. The molecule has 0 aliphatic rings. The summed E-state index contributed by atoms with van der Waals surface area (Å²) in [6.07, 6.45) is 0. The fourth-order valence-corrected chi connectivity index (χ4v) is 1.44. The molecule has 0 aliphatic heterocycles.